The maximum absolute atomic E-state index is 9.47. The summed E-state index contributed by atoms with van der Waals surface area (Å²) in [5, 5.41) is 13.5. The Morgan fingerprint density at radius 3 is 2.39 bits per heavy atom. The summed E-state index contributed by atoms with van der Waals surface area (Å²) in [5.41, 5.74) is 0.450. The van der Waals surface area contributed by atoms with Crippen LogP contribution < -0.4 is 5.32 Å². The van der Waals surface area contributed by atoms with Crippen LogP contribution in [0.1, 0.15) is 39.5 Å². The lowest BCUT2D eigenvalue weighted by Gasteiger charge is -2.28. The fraction of sp³-hybridized carbons (Fsp3) is 0.500. The molecule has 98 valence electrons. The van der Waals surface area contributed by atoms with Crippen molar-refractivity contribution in [2.24, 2.45) is 0 Å². The predicted molar refractivity (Wildman–Crippen MR) is 80.9 cm³/mol. The quantitative estimate of drug-likeness (QED) is 0.761. The first-order chi connectivity index (χ1) is 8.56. The van der Waals surface area contributed by atoms with Crippen molar-refractivity contribution in [2.75, 3.05) is 5.32 Å². The number of anilines is 1. The van der Waals surface area contributed by atoms with Gasteiger partial charge >= 0.3 is 0 Å². The summed E-state index contributed by atoms with van der Waals surface area (Å²) in [4.78, 5) is 0. The fourth-order valence-corrected chi connectivity index (χ4v) is 2.59. The molecule has 18 heavy (non-hydrogen) atoms. The van der Waals surface area contributed by atoms with Gasteiger partial charge in [-0.25, -0.2) is 0 Å². The van der Waals surface area contributed by atoms with E-state index in [9.17, 15) is 5.26 Å². The van der Waals surface area contributed by atoms with Crippen molar-refractivity contribution in [3.63, 3.8) is 0 Å². The Hall–Kier alpha value is -0.720. The van der Waals surface area contributed by atoms with E-state index in [-0.39, 0.29) is 0 Å². The van der Waals surface area contributed by atoms with Gasteiger partial charge < -0.3 is 5.32 Å². The van der Waals surface area contributed by atoms with Gasteiger partial charge in [-0.3, -0.25) is 0 Å². The molecule has 4 heteroatoms. The molecule has 0 aliphatic carbocycles. The topological polar surface area (TPSA) is 35.8 Å². The highest BCUT2D eigenvalue weighted by molar-refractivity contribution is 9.10. The van der Waals surface area contributed by atoms with E-state index in [2.05, 4.69) is 41.2 Å². The highest BCUT2D eigenvalue weighted by atomic mass is 79.9. The molecule has 1 aromatic carbocycles. The summed E-state index contributed by atoms with van der Waals surface area (Å²) in [7, 11) is 0. The predicted octanol–water partition coefficient (Wildman–Crippen LogP) is 5.38. The van der Waals surface area contributed by atoms with Crippen LogP contribution in [0.15, 0.2) is 22.7 Å². The zero-order valence-electron chi connectivity index (χ0n) is 10.8. The molecule has 1 N–H and O–H groups in total. The van der Waals surface area contributed by atoms with E-state index in [1.165, 1.54) is 0 Å². The molecule has 0 unspecified atom stereocenters. The Kier molecular flexibility index (Phi) is 5.98. The van der Waals surface area contributed by atoms with Crippen molar-refractivity contribution in [1.82, 2.24) is 0 Å². The molecule has 0 amide bonds. The van der Waals surface area contributed by atoms with Gasteiger partial charge in [-0.1, -0.05) is 38.3 Å². The van der Waals surface area contributed by atoms with Crippen molar-refractivity contribution in [2.45, 2.75) is 45.1 Å². The molecule has 0 atom stereocenters. The second kappa shape index (κ2) is 7.01. The van der Waals surface area contributed by atoms with Gasteiger partial charge in [-0.15, -0.1) is 0 Å². The summed E-state index contributed by atoms with van der Waals surface area (Å²) in [6.07, 6.45) is 3.65. The molecule has 0 radical (unpaired) electrons. The Morgan fingerprint density at radius 2 is 1.94 bits per heavy atom. The van der Waals surface area contributed by atoms with Gasteiger partial charge in [0.05, 0.1) is 11.1 Å². The highest BCUT2D eigenvalue weighted by Crippen LogP contribution is 2.29. The molecule has 0 aromatic heterocycles. The van der Waals surface area contributed by atoms with Crippen molar-refractivity contribution in [3.05, 3.63) is 27.7 Å². The molecule has 0 saturated heterocycles. The van der Waals surface area contributed by atoms with Crippen LogP contribution in [0.25, 0.3) is 0 Å². The lowest BCUT2D eigenvalue weighted by Crippen LogP contribution is -2.36. The number of nitrogens with one attached hydrogen (secondary N) is 1. The average molecular weight is 330 g/mol. The Bertz CT molecular complexity index is 434. The average Bonchev–Trinajstić information content (AvgIpc) is 2.34. The van der Waals surface area contributed by atoms with E-state index >= 15 is 0 Å². The van der Waals surface area contributed by atoms with Gasteiger partial charge in [-0.05, 0) is 47.0 Å². The van der Waals surface area contributed by atoms with Crippen LogP contribution in [0.3, 0.4) is 0 Å². The summed E-state index contributed by atoms with van der Waals surface area (Å²) < 4.78 is 0.842. The van der Waals surface area contributed by atoms with E-state index in [1.54, 1.807) is 0 Å². The van der Waals surface area contributed by atoms with E-state index in [0.717, 1.165) is 35.8 Å². The molecule has 0 aliphatic rings. The molecule has 0 fully saturated rings. The van der Waals surface area contributed by atoms with Gasteiger partial charge in [0.15, 0.2) is 0 Å². The van der Waals surface area contributed by atoms with Crippen LogP contribution in [0, 0.1) is 11.3 Å². The van der Waals surface area contributed by atoms with Gasteiger partial charge in [0.1, 0.15) is 5.54 Å². The summed E-state index contributed by atoms with van der Waals surface area (Å²) in [5.74, 6) is 0. The number of rotatable bonds is 6. The highest BCUT2D eigenvalue weighted by Gasteiger charge is 2.27. The van der Waals surface area contributed by atoms with Crippen LogP contribution in [0.5, 0.6) is 0 Å². The third-order valence-electron chi connectivity index (χ3n) is 2.87. The molecule has 0 heterocycles. The normalized spacial score (nSPS) is 11.1. The first-order valence-corrected chi connectivity index (χ1v) is 7.38. The SMILES string of the molecule is CCCC(C#N)(CCC)Nc1ccc(Cl)c(Br)c1. The van der Waals surface area contributed by atoms with Crippen LogP contribution in [-0.2, 0) is 0 Å². The molecule has 1 aromatic rings. The van der Waals surface area contributed by atoms with E-state index in [4.69, 9.17) is 11.6 Å². The third-order valence-corrected chi connectivity index (χ3v) is 4.08. The lowest BCUT2D eigenvalue weighted by molar-refractivity contribution is 0.487. The number of hydrogen-bond donors (Lipinski definition) is 1. The molecule has 0 aliphatic heterocycles. The van der Waals surface area contributed by atoms with Gasteiger partial charge in [-0.2, -0.15) is 5.26 Å². The van der Waals surface area contributed by atoms with Crippen LogP contribution in [-0.4, -0.2) is 5.54 Å². The molecule has 2 nitrogen and oxygen atoms in total. The second-order valence-electron chi connectivity index (χ2n) is 4.45. The van der Waals surface area contributed by atoms with Crippen molar-refractivity contribution < 1.29 is 0 Å². The molecule has 0 spiro atoms. The van der Waals surface area contributed by atoms with Gasteiger partial charge in [0.2, 0.25) is 0 Å². The van der Waals surface area contributed by atoms with E-state index in [1.807, 2.05) is 18.2 Å². The summed E-state index contributed by atoms with van der Waals surface area (Å²) in [6.45, 7) is 4.20. The largest absolute Gasteiger partial charge is 0.367 e. The number of benzene rings is 1. The van der Waals surface area contributed by atoms with Crippen LogP contribution in [0.2, 0.25) is 5.02 Å². The first-order valence-electron chi connectivity index (χ1n) is 6.21. The van der Waals surface area contributed by atoms with Crippen molar-refractivity contribution in [1.29, 1.82) is 5.26 Å². The molecule has 1 rings (SSSR count). The van der Waals surface area contributed by atoms with E-state index in [0.29, 0.717) is 5.02 Å². The smallest absolute Gasteiger partial charge is 0.125 e. The minimum atomic E-state index is -0.475. The maximum atomic E-state index is 9.47. The zero-order chi connectivity index (χ0) is 13.6. The van der Waals surface area contributed by atoms with Gasteiger partial charge in [0.25, 0.3) is 0 Å². The molecule has 0 bridgehead atoms. The minimum absolute atomic E-state index is 0.475. The lowest BCUT2D eigenvalue weighted by atomic mass is 9.90. The van der Waals surface area contributed by atoms with Crippen molar-refractivity contribution in [3.8, 4) is 6.07 Å². The maximum Gasteiger partial charge on any atom is 0.125 e. The summed E-state index contributed by atoms with van der Waals surface area (Å²) >= 11 is 9.37. The molecular weight excluding hydrogens is 312 g/mol. The fourth-order valence-electron chi connectivity index (χ4n) is 2.09. The number of hydrogen-bond acceptors (Lipinski definition) is 2. The standard InChI is InChI=1S/C14H18BrClN2/c1-3-7-14(10-17,8-4-2)18-11-5-6-13(16)12(15)9-11/h5-6,9,18H,3-4,7-8H2,1-2H3. The Morgan fingerprint density at radius 1 is 1.33 bits per heavy atom. The van der Waals surface area contributed by atoms with Crippen LogP contribution >= 0.6 is 27.5 Å². The number of nitriles is 1. The van der Waals surface area contributed by atoms with Gasteiger partial charge in [0, 0.05) is 10.2 Å². The number of halogens is 2. The zero-order valence-corrected chi connectivity index (χ0v) is 13.1. The monoisotopic (exact) mass is 328 g/mol. The Balaban J connectivity index is 2.95. The van der Waals surface area contributed by atoms with E-state index < -0.39 is 5.54 Å². The summed E-state index contributed by atoms with van der Waals surface area (Å²) in [6, 6.07) is 8.09. The first kappa shape index (κ1) is 15.3. The second-order valence-corrected chi connectivity index (χ2v) is 5.71. The number of nitrogens with zero attached hydrogens (tertiary/aromatic N) is 1. The minimum Gasteiger partial charge on any atom is -0.367 e. The Labute approximate surface area is 122 Å². The van der Waals surface area contributed by atoms with Crippen LogP contribution in [0.4, 0.5) is 5.69 Å². The molecule has 0 saturated carbocycles. The molecular formula is C14H18BrClN2. The van der Waals surface area contributed by atoms with Crippen molar-refractivity contribution >= 4 is 33.2 Å². The third kappa shape index (κ3) is 3.90.